The lowest BCUT2D eigenvalue weighted by Gasteiger charge is -2.23. The van der Waals surface area contributed by atoms with Crippen LogP contribution in [0.3, 0.4) is 0 Å². The second-order valence-electron chi connectivity index (χ2n) is 3.18. The molecule has 0 bridgehead atoms. The summed E-state index contributed by atoms with van der Waals surface area (Å²) in [4.78, 5) is 0. The van der Waals surface area contributed by atoms with Crippen LogP contribution in [0.4, 0.5) is 0 Å². The zero-order valence-electron chi connectivity index (χ0n) is 6.52. The summed E-state index contributed by atoms with van der Waals surface area (Å²) < 4.78 is 1.18. The Morgan fingerprint density at radius 2 is 2.27 bits per heavy atom. The zero-order valence-corrected chi connectivity index (χ0v) is 8.11. The van der Waals surface area contributed by atoms with Crippen LogP contribution in [0.1, 0.15) is 36.6 Å². The molecule has 0 saturated heterocycles. The van der Waals surface area contributed by atoms with Crippen LogP contribution in [-0.4, -0.2) is 10.2 Å². The Balaban J connectivity index is 2.29. The van der Waals surface area contributed by atoms with Gasteiger partial charge in [-0.3, -0.25) is 5.10 Å². The molecule has 0 radical (unpaired) electrons. The number of halogens is 1. The molecule has 60 valence electrons. The highest BCUT2D eigenvalue weighted by Crippen LogP contribution is 2.39. The summed E-state index contributed by atoms with van der Waals surface area (Å²) in [7, 11) is 0. The zero-order chi connectivity index (χ0) is 7.84. The highest BCUT2D eigenvalue weighted by molar-refractivity contribution is 9.10. The Labute approximate surface area is 74.5 Å². The number of hydrogen-bond acceptors (Lipinski definition) is 1. The van der Waals surface area contributed by atoms with E-state index in [4.69, 9.17) is 0 Å². The van der Waals surface area contributed by atoms with Crippen LogP contribution in [0.5, 0.6) is 0 Å². The van der Waals surface area contributed by atoms with E-state index in [1.807, 2.05) is 6.92 Å². The van der Waals surface area contributed by atoms with Gasteiger partial charge in [0.1, 0.15) is 0 Å². The molecule has 1 heterocycles. The van der Waals surface area contributed by atoms with Gasteiger partial charge < -0.3 is 0 Å². The molecule has 1 N–H and O–H groups in total. The van der Waals surface area contributed by atoms with Crippen LogP contribution in [0.2, 0.25) is 0 Å². The van der Waals surface area contributed by atoms with Gasteiger partial charge in [-0.15, -0.1) is 0 Å². The third-order valence-corrected chi connectivity index (χ3v) is 3.39. The molecular formula is C8H11BrN2. The molecule has 1 saturated carbocycles. The van der Waals surface area contributed by atoms with Crippen LogP contribution >= 0.6 is 15.9 Å². The van der Waals surface area contributed by atoms with Crippen molar-refractivity contribution < 1.29 is 0 Å². The van der Waals surface area contributed by atoms with Gasteiger partial charge in [-0.25, -0.2) is 0 Å². The van der Waals surface area contributed by atoms with Crippen molar-refractivity contribution in [3.8, 4) is 0 Å². The molecule has 0 amide bonds. The van der Waals surface area contributed by atoms with Gasteiger partial charge in [-0.05, 0) is 35.7 Å². The number of hydrogen-bond donors (Lipinski definition) is 1. The predicted molar refractivity (Wildman–Crippen MR) is 47.6 cm³/mol. The first kappa shape index (κ1) is 7.35. The Kier molecular flexibility index (Phi) is 1.75. The van der Waals surface area contributed by atoms with Crippen molar-refractivity contribution in [1.29, 1.82) is 0 Å². The first-order chi connectivity index (χ1) is 5.29. The number of nitrogens with zero attached hydrogens (tertiary/aromatic N) is 1. The van der Waals surface area contributed by atoms with Crippen molar-refractivity contribution in [1.82, 2.24) is 10.2 Å². The number of rotatable bonds is 1. The Bertz CT molecular complexity index is 263. The van der Waals surface area contributed by atoms with E-state index in [0.717, 1.165) is 5.69 Å². The maximum atomic E-state index is 4.27. The Morgan fingerprint density at radius 3 is 2.64 bits per heavy atom. The maximum Gasteiger partial charge on any atom is 0.0797 e. The highest BCUT2D eigenvalue weighted by atomic mass is 79.9. The molecule has 1 aliphatic carbocycles. The summed E-state index contributed by atoms with van der Waals surface area (Å²) in [6, 6.07) is 0. The van der Waals surface area contributed by atoms with E-state index >= 15 is 0 Å². The van der Waals surface area contributed by atoms with Crippen LogP contribution in [-0.2, 0) is 0 Å². The third-order valence-electron chi connectivity index (χ3n) is 2.39. The van der Waals surface area contributed by atoms with Crippen molar-refractivity contribution in [2.45, 2.75) is 32.1 Å². The van der Waals surface area contributed by atoms with Gasteiger partial charge in [0.15, 0.2) is 0 Å². The smallest absolute Gasteiger partial charge is 0.0797 e. The maximum absolute atomic E-state index is 4.27. The topological polar surface area (TPSA) is 28.7 Å². The molecule has 0 aliphatic heterocycles. The molecule has 2 rings (SSSR count). The van der Waals surface area contributed by atoms with Crippen molar-refractivity contribution in [2.24, 2.45) is 0 Å². The lowest BCUT2D eigenvalue weighted by Crippen LogP contribution is -2.09. The van der Waals surface area contributed by atoms with Crippen LogP contribution in [0.25, 0.3) is 0 Å². The summed E-state index contributed by atoms with van der Waals surface area (Å²) in [5.74, 6) is 0.717. The summed E-state index contributed by atoms with van der Waals surface area (Å²) >= 11 is 3.53. The molecule has 3 heteroatoms. The number of H-pyrrole nitrogens is 1. The highest BCUT2D eigenvalue weighted by Gasteiger charge is 2.24. The fourth-order valence-corrected chi connectivity index (χ4v) is 1.89. The van der Waals surface area contributed by atoms with Crippen LogP contribution < -0.4 is 0 Å². The first-order valence-electron chi connectivity index (χ1n) is 3.99. The van der Waals surface area contributed by atoms with Gasteiger partial charge in [-0.1, -0.05) is 6.42 Å². The third kappa shape index (κ3) is 1.11. The summed E-state index contributed by atoms with van der Waals surface area (Å²) in [5, 5.41) is 7.25. The van der Waals surface area contributed by atoms with Gasteiger partial charge in [0.2, 0.25) is 0 Å². The molecule has 0 unspecified atom stereocenters. The molecule has 1 aromatic heterocycles. The average molecular weight is 215 g/mol. The van der Waals surface area contributed by atoms with E-state index in [9.17, 15) is 0 Å². The molecule has 11 heavy (non-hydrogen) atoms. The van der Waals surface area contributed by atoms with Crippen molar-refractivity contribution in [2.75, 3.05) is 0 Å². The quantitative estimate of drug-likeness (QED) is 0.766. The Morgan fingerprint density at radius 1 is 1.55 bits per heavy atom. The second-order valence-corrected chi connectivity index (χ2v) is 3.97. The van der Waals surface area contributed by atoms with E-state index in [1.165, 1.54) is 29.4 Å². The molecule has 1 aromatic rings. The van der Waals surface area contributed by atoms with Gasteiger partial charge in [-0.2, -0.15) is 5.10 Å². The SMILES string of the molecule is Cc1[nH]nc(C2CCC2)c1Br. The lowest BCUT2D eigenvalue weighted by molar-refractivity contribution is 0.409. The van der Waals surface area contributed by atoms with Gasteiger partial charge in [0.25, 0.3) is 0 Å². The van der Waals surface area contributed by atoms with E-state index in [2.05, 4.69) is 26.1 Å². The van der Waals surface area contributed by atoms with Gasteiger partial charge >= 0.3 is 0 Å². The van der Waals surface area contributed by atoms with E-state index in [0.29, 0.717) is 5.92 Å². The monoisotopic (exact) mass is 214 g/mol. The second kappa shape index (κ2) is 2.63. The molecule has 0 aromatic carbocycles. The van der Waals surface area contributed by atoms with Gasteiger partial charge in [0.05, 0.1) is 10.2 Å². The molecule has 0 atom stereocenters. The number of aryl methyl sites for hydroxylation is 1. The number of aromatic nitrogens is 2. The fraction of sp³-hybridized carbons (Fsp3) is 0.625. The van der Waals surface area contributed by atoms with Crippen LogP contribution in [0.15, 0.2) is 4.47 Å². The van der Waals surface area contributed by atoms with Crippen molar-refractivity contribution in [3.63, 3.8) is 0 Å². The minimum atomic E-state index is 0.717. The molecule has 1 fully saturated rings. The van der Waals surface area contributed by atoms with E-state index < -0.39 is 0 Å². The summed E-state index contributed by atoms with van der Waals surface area (Å²) in [6.07, 6.45) is 3.98. The normalized spacial score (nSPS) is 18.4. The number of nitrogens with one attached hydrogen (secondary N) is 1. The molecular weight excluding hydrogens is 204 g/mol. The van der Waals surface area contributed by atoms with Crippen molar-refractivity contribution in [3.05, 3.63) is 15.9 Å². The molecule has 0 spiro atoms. The van der Waals surface area contributed by atoms with Crippen LogP contribution in [0, 0.1) is 6.92 Å². The largest absolute Gasteiger partial charge is 0.281 e. The molecule has 2 nitrogen and oxygen atoms in total. The standard InChI is InChI=1S/C8H11BrN2/c1-5-7(9)8(11-10-5)6-3-2-4-6/h6H,2-4H2,1H3,(H,10,11). The lowest BCUT2D eigenvalue weighted by atomic mass is 9.83. The average Bonchev–Trinajstić information content (AvgIpc) is 2.15. The first-order valence-corrected chi connectivity index (χ1v) is 4.78. The summed E-state index contributed by atoms with van der Waals surface area (Å²) in [5.41, 5.74) is 2.38. The fourth-order valence-electron chi connectivity index (χ4n) is 1.39. The van der Waals surface area contributed by atoms with E-state index in [1.54, 1.807) is 0 Å². The van der Waals surface area contributed by atoms with E-state index in [-0.39, 0.29) is 0 Å². The minimum Gasteiger partial charge on any atom is -0.281 e. The van der Waals surface area contributed by atoms with Gasteiger partial charge in [0, 0.05) is 11.6 Å². The Hall–Kier alpha value is -0.310. The number of aromatic amines is 1. The molecule has 1 aliphatic rings. The predicted octanol–water partition coefficient (Wildman–Crippen LogP) is 2.75. The van der Waals surface area contributed by atoms with Crippen molar-refractivity contribution >= 4 is 15.9 Å². The minimum absolute atomic E-state index is 0.717. The summed E-state index contributed by atoms with van der Waals surface area (Å²) in [6.45, 7) is 2.04.